The Morgan fingerprint density at radius 3 is 2.00 bits per heavy atom. The molecule has 0 aliphatic heterocycles. The van der Waals surface area contributed by atoms with Crippen molar-refractivity contribution >= 4 is 0 Å². The van der Waals surface area contributed by atoms with Crippen LogP contribution < -0.4 is 14.8 Å². The fraction of sp³-hybridized carbons (Fsp3) is 0.714. The van der Waals surface area contributed by atoms with Crippen molar-refractivity contribution in [2.24, 2.45) is 5.92 Å². The smallest absolute Gasteiger partial charge is 0.220 e. The van der Waals surface area contributed by atoms with Gasteiger partial charge in [0.1, 0.15) is 5.82 Å². The molecule has 1 aromatic heterocycles. The molecule has 0 saturated heterocycles. The van der Waals surface area contributed by atoms with Crippen LogP contribution in [0.3, 0.4) is 0 Å². The number of aromatic nitrogens is 2. The molecule has 5 nitrogen and oxygen atoms in total. The van der Waals surface area contributed by atoms with Crippen LogP contribution in [0.2, 0.25) is 0 Å². The second-order valence-electron chi connectivity index (χ2n) is 4.93. The first-order valence-corrected chi connectivity index (χ1v) is 6.73. The molecule has 1 N–H and O–H groups in total. The van der Waals surface area contributed by atoms with Crippen LogP contribution in [-0.2, 0) is 0 Å². The molecule has 0 aliphatic rings. The zero-order valence-electron chi connectivity index (χ0n) is 12.7. The minimum Gasteiger partial charge on any atom is -0.481 e. The normalized spacial score (nSPS) is 14.3. The van der Waals surface area contributed by atoms with Crippen LogP contribution in [0.4, 0.5) is 0 Å². The van der Waals surface area contributed by atoms with Crippen LogP contribution in [0.5, 0.6) is 11.8 Å². The van der Waals surface area contributed by atoms with Gasteiger partial charge in [0.15, 0.2) is 0 Å². The molecule has 0 aromatic carbocycles. The van der Waals surface area contributed by atoms with Gasteiger partial charge in [-0.2, -0.15) is 9.97 Å². The second kappa shape index (κ2) is 7.28. The molecule has 5 heteroatoms. The van der Waals surface area contributed by atoms with Gasteiger partial charge in [0.2, 0.25) is 11.8 Å². The van der Waals surface area contributed by atoms with Crippen molar-refractivity contribution in [3.8, 4) is 11.8 Å². The Morgan fingerprint density at radius 2 is 1.63 bits per heavy atom. The summed E-state index contributed by atoms with van der Waals surface area (Å²) in [4.78, 5) is 8.94. The molecule has 0 bridgehead atoms. The van der Waals surface area contributed by atoms with Crippen molar-refractivity contribution in [1.29, 1.82) is 0 Å². The predicted octanol–water partition coefficient (Wildman–Crippen LogP) is 2.23. The number of ether oxygens (including phenoxy) is 2. The first kappa shape index (κ1) is 15.7. The van der Waals surface area contributed by atoms with Gasteiger partial charge in [-0.05, 0) is 19.4 Å². The lowest BCUT2D eigenvalue weighted by atomic mass is 9.88. The molecule has 0 aliphatic carbocycles. The number of hydrogen-bond acceptors (Lipinski definition) is 5. The fourth-order valence-electron chi connectivity index (χ4n) is 2.33. The van der Waals surface area contributed by atoms with E-state index in [9.17, 15) is 0 Å². The maximum absolute atomic E-state index is 5.22. The Kier molecular flexibility index (Phi) is 6.02. The van der Waals surface area contributed by atoms with Gasteiger partial charge in [0.05, 0.1) is 20.3 Å². The summed E-state index contributed by atoms with van der Waals surface area (Å²) < 4.78 is 10.4. The van der Waals surface area contributed by atoms with E-state index in [0.717, 1.165) is 12.4 Å². The zero-order valence-corrected chi connectivity index (χ0v) is 12.7. The lowest BCUT2D eigenvalue weighted by molar-refractivity contribution is 0.337. The number of nitrogens with zero attached hydrogens (tertiary/aromatic N) is 2. The Hall–Kier alpha value is -1.36. The molecule has 2 unspecified atom stereocenters. The van der Waals surface area contributed by atoms with Crippen LogP contribution in [0.25, 0.3) is 0 Å². The summed E-state index contributed by atoms with van der Waals surface area (Å²) in [5, 5.41) is 3.44. The fourth-order valence-corrected chi connectivity index (χ4v) is 2.33. The van der Waals surface area contributed by atoms with E-state index in [0.29, 0.717) is 23.7 Å². The van der Waals surface area contributed by atoms with Crippen LogP contribution in [0.1, 0.15) is 39.4 Å². The molecule has 0 amide bonds. The number of hydrogen-bond donors (Lipinski definition) is 1. The van der Waals surface area contributed by atoms with Crippen LogP contribution in [-0.4, -0.2) is 36.8 Å². The van der Waals surface area contributed by atoms with Gasteiger partial charge in [0.25, 0.3) is 0 Å². The molecule has 1 rings (SSSR count). The lowest BCUT2D eigenvalue weighted by Crippen LogP contribution is -2.35. The SMILES string of the molecule is CCNC(C)C(c1nc(OC)cc(OC)n1)C(C)C. The van der Waals surface area contributed by atoms with Gasteiger partial charge >= 0.3 is 0 Å². The van der Waals surface area contributed by atoms with Gasteiger partial charge in [0, 0.05) is 12.0 Å². The molecule has 1 aromatic rings. The first-order valence-electron chi connectivity index (χ1n) is 6.73. The molecular weight excluding hydrogens is 242 g/mol. The molecule has 0 spiro atoms. The summed E-state index contributed by atoms with van der Waals surface area (Å²) in [5.41, 5.74) is 0. The van der Waals surface area contributed by atoms with E-state index in [1.54, 1.807) is 20.3 Å². The molecule has 2 atom stereocenters. The van der Waals surface area contributed by atoms with E-state index >= 15 is 0 Å². The molecule has 0 radical (unpaired) electrons. The molecule has 0 saturated carbocycles. The number of rotatable bonds is 7. The van der Waals surface area contributed by atoms with Crippen LogP contribution >= 0.6 is 0 Å². The number of likely N-dealkylation sites (N-methyl/N-ethyl adjacent to an activating group) is 1. The molecular formula is C14H25N3O2. The van der Waals surface area contributed by atoms with E-state index in [-0.39, 0.29) is 5.92 Å². The molecule has 108 valence electrons. The molecule has 0 fully saturated rings. The third-order valence-electron chi connectivity index (χ3n) is 3.20. The Morgan fingerprint density at radius 1 is 1.11 bits per heavy atom. The Balaban J connectivity index is 3.14. The van der Waals surface area contributed by atoms with Gasteiger partial charge in [-0.3, -0.25) is 0 Å². The lowest BCUT2D eigenvalue weighted by Gasteiger charge is -2.27. The predicted molar refractivity (Wildman–Crippen MR) is 75.9 cm³/mol. The Bertz CT molecular complexity index is 374. The standard InChI is InChI=1S/C14H25N3O2/c1-7-15-10(4)13(9(2)3)14-16-11(18-5)8-12(17-14)19-6/h8-10,13,15H,7H2,1-6H3. The van der Waals surface area contributed by atoms with E-state index in [1.807, 2.05) is 0 Å². The third kappa shape index (κ3) is 4.06. The highest BCUT2D eigenvalue weighted by Crippen LogP contribution is 2.28. The van der Waals surface area contributed by atoms with Crippen molar-refractivity contribution in [3.63, 3.8) is 0 Å². The van der Waals surface area contributed by atoms with Crippen molar-refractivity contribution in [1.82, 2.24) is 15.3 Å². The number of methoxy groups -OCH3 is 2. The quantitative estimate of drug-likeness (QED) is 0.821. The van der Waals surface area contributed by atoms with E-state index in [4.69, 9.17) is 9.47 Å². The Labute approximate surface area is 115 Å². The summed E-state index contributed by atoms with van der Waals surface area (Å²) in [6, 6.07) is 1.99. The monoisotopic (exact) mass is 267 g/mol. The van der Waals surface area contributed by atoms with Gasteiger partial charge in [-0.15, -0.1) is 0 Å². The van der Waals surface area contributed by atoms with E-state index < -0.39 is 0 Å². The summed E-state index contributed by atoms with van der Waals surface area (Å²) >= 11 is 0. The number of nitrogens with one attached hydrogen (secondary N) is 1. The summed E-state index contributed by atoms with van der Waals surface area (Å²) in [7, 11) is 3.20. The van der Waals surface area contributed by atoms with Crippen LogP contribution in [0.15, 0.2) is 6.07 Å². The van der Waals surface area contributed by atoms with Crippen LogP contribution in [0, 0.1) is 5.92 Å². The highest BCUT2D eigenvalue weighted by molar-refractivity contribution is 5.23. The minimum absolute atomic E-state index is 0.212. The molecule has 19 heavy (non-hydrogen) atoms. The highest BCUT2D eigenvalue weighted by atomic mass is 16.5. The van der Waals surface area contributed by atoms with Gasteiger partial charge in [-0.1, -0.05) is 20.8 Å². The summed E-state index contributed by atoms with van der Waals surface area (Å²) in [6.07, 6.45) is 0. The maximum Gasteiger partial charge on any atom is 0.220 e. The molecule has 1 heterocycles. The van der Waals surface area contributed by atoms with E-state index in [2.05, 4.69) is 43.0 Å². The topological polar surface area (TPSA) is 56.3 Å². The van der Waals surface area contributed by atoms with E-state index in [1.165, 1.54) is 0 Å². The largest absolute Gasteiger partial charge is 0.481 e. The minimum atomic E-state index is 0.212. The van der Waals surface area contributed by atoms with Crippen molar-refractivity contribution in [2.75, 3.05) is 20.8 Å². The average molecular weight is 267 g/mol. The third-order valence-corrected chi connectivity index (χ3v) is 3.20. The van der Waals surface area contributed by atoms with Crippen molar-refractivity contribution in [2.45, 2.75) is 39.7 Å². The van der Waals surface area contributed by atoms with Gasteiger partial charge in [-0.25, -0.2) is 0 Å². The average Bonchev–Trinajstić information content (AvgIpc) is 2.38. The maximum atomic E-state index is 5.22. The van der Waals surface area contributed by atoms with Crippen molar-refractivity contribution < 1.29 is 9.47 Å². The van der Waals surface area contributed by atoms with Crippen molar-refractivity contribution in [3.05, 3.63) is 11.9 Å². The highest BCUT2D eigenvalue weighted by Gasteiger charge is 2.26. The summed E-state index contributed by atoms with van der Waals surface area (Å²) in [5.74, 6) is 2.47. The second-order valence-corrected chi connectivity index (χ2v) is 4.93. The first-order chi connectivity index (χ1) is 9.03. The summed E-state index contributed by atoms with van der Waals surface area (Å²) in [6.45, 7) is 9.53. The zero-order chi connectivity index (χ0) is 14.4. The van der Waals surface area contributed by atoms with Gasteiger partial charge < -0.3 is 14.8 Å².